The molecule has 0 radical (unpaired) electrons. The monoisotopic (exact) mass is 494 g/mol. The molecular formula is C28H46O7. The SMILES string of the molecule is CCCOc1c(C=CC(=O)OC(C)(C)C)c(OCCC)c(OCCC)c(OCCC)c1OCCC. The van der Waals surface area contributed by atoms with Crippen LogP contribution in [0.15, 0.2) is 6.08 Å². The number of esters is 1. The maximum absolute atomic E-state index is 12.5. The zero-order chi connectivity index (χ0) is 26.3. The van der Waals surface area contributed by atoms with Crippen LogP contribution in [0.2, 0.25) is 0 Å². The Labute approximate surface area is 212 Å². The van der Waals surface area contributed by atoms with E-state index in [-0.39, 0.29) is 0 Å². The van der Waals surface area contributed by atoms with Crippen LogP contribution < -0.4 is 23.7 Å². The highest BCUT2D eigenvalue weighted by Gasteiger charge is 2.30. The minimum atomic E-state index is -0.604. The van der Waals surface area contributed by atoms with E-state index in [1.807, 2.05) is 55.4 Å². The van der Waals surface area contributed by atoms with Gasteiger partial charge in [-0.2, -0.15) is 0 Å². The van der Waals surface area contributed by atoms with Crippen molar-refractivity contribution in [3.8, 4) is 28.7 Å². The summed E-state index contributed by atoms with van der Waals surface area (Å²) in [4.78, 5) is 12.5. The quantitative estimate of drug-likeness (QED) is 0.171. The van der Waals surface area contributed by atoms with Gasteiger partial charge in [0.15, 0.2) is 11.5 Å². The predicted molar refractivity (Wildman–Crippen MR) is 140 cm³/mol. The van der Waals surface area contributed by atoms with Gasteiger partial charge in [0.05, 0.1) is 38.6 Å². The number of hydrogen-bond donors (Lipinski definition) is 0. The molecular weight excluding hydrogens is 448 g/mol. The second-order valence-corrected chi connectivity index (χ2v) is 9.17. The van der Waals surface area contributed by atoms with Gasteiger partial charge in [-0.1, -0.05) is 34.6 Å². The van der Waals surface area contributed by atoms with Crippen molar-refractivity contribution in [2.75, 3.05) is 33.0 Å². The first-order chi connectivity index (χ1) is 16.7. The summed E-state index contributed by atoms with van der Waals surface area (Å²) in [6.07, 6.45) is 7.07. The zero-order valence-corrected chi connectivity index (χ0v) is 23.1. The van der Waals surface area contributed by atoms with E-state index in [0.717, 1.165) is 32.1 Å². The number of benzene rings is 1. The predicted octanol–water partition coefficient (Wildman–Crippen LogP) is 6.99. The van der Waals surface area contributed by atoms with Gasteiger partial charge in [-0.05, 0) is 59.0 Å². The topological polar surface area (TPSA) is 72.5 Å². The largest absolute Gasteiger partial charge is 0.489 e. The number of ether oxygens (including phenoxy) is 6. The molecule has 7 nitrogen and oxygen atoms in total. The average Bonchev–Trinajstić information content (AvgIpc) is 2.80. The van der Waals surface area contributed by atoms with Gasteiger partial charge in [-0.25, -0.2) is 4.79 Å². The van der Waals surface area contributed by atoms with Crippen LogP contribution in [0.4, 0.5) is 0 Å². The van der Waals surface area contributed by atoms with Crippen LogP contribution in [-0.2, 0) is 9.53 Å². The van der Waals surface area contributed by atoms with Gasteiger partial charge in [0.25, 0.3) is 0 Å². The van der Waals surface area contributed by atoms with E-state index in [9.17, 15) is 4.79 Å². The summed E-state index contributed by atoms with van der Waals surface area (Å²) in [5.74, 6) is 1.89. The summed E-state index contributed by atoms with van der Waals surface area (Å²) in [7, 11) is 0. The first-order valence-corrected chi connectivity index (χ1v) is 13.0. The third-order valence-electron chi connectivity index (χ3n) is 4.36. The Bertz CT molecular complexity index is 752. The molecule has 0 N–H and O–H groups in total. The molecule has 0 spiro atoms. The first-order valence-electron chi connectivity index (χ1n) is 13.0. The molecule has 1 aromatic rings. The Hall–Kier alpha value is -2.57. The number of carbonyl (C=O) groups excluding carboxylic acids is 1. The molecule has 0 heterocycles. The van der Waals surface area contributed by atoms with Crippen molar-refractivity contribution in [1.29, 1.82) is 0 Å². The summed E-state index contributed by atoms with van der Waals surface area (Å²) in [5, 5.41) is 0. The number of rotatable bonds is 17. The molecule has 0 aliphatic heterocycles. The molecule has 0 amide bonds. The molecule has 0 saturated carbocycles. The van der Waals surface area contributed by atoms with Crippen LogP contribution in [0.25, 0.3) is 6.08 Å². The van der Waals surface area contributed by atoms with Crippen LogP contribution in [0.5, 0.6) is 28.7 Å². The van der Waals surface area contributed by atoms with E-state index >= 15 is 0 Å². The maximum Gasteiger partial charge on any atom is 0.331 e. The van der Waals surface area contributed by atoms with Gasteiger partial charge < -0.3 is 28.4 Å². The molecule has 200 valence electrons. The highest BCUT2D eigenvalue weighted by atomic mass is 16.6. The van der Waals surface area contributed by atoms with Gasteiger partial charge in [-0.15, -0.1) is 0 Å². The lowest BCUT2D eigenvalue weighted by atomic mass is 10.1. The second kappa shape index (κ2) is 16.2. The minimum absolute atomic E-state index is 0.459. The first kappa shape index (κ1) is 30.5. The second-order valence-electron chi connectivity index (χ2n) is 9.17. The van der Waals surface area contributed by atoms with Gasteiger partial charge in [0.1, 0.15) is 5.60 Å². The Balaban J connectivity index is 3.88. The van der Waals surface area contributed by atoms with Gasteiger partial charge in [-0.3, -0.25) is 0 Å². The van der Waals surface area contributed by atoms with Gasteiger partial charge in [0, 0.05) is 6.08 Å². The van der Waals surface area contributed by atoms with E-state index in [4.69, 9.17) is 28.4 Å². The number of hydrogen-bond acceptors (Lipinski definition) is 7. The lowest BCUT2D eigenvalue weighted by Gasteiger charge is -2.25. The molecule has 0 saturated heterocycles. The number of carbonyl (C=O) groups is 1. The van der Waals surface area contributed by atoms with E-state index in [1.165, 1.54) is 6.08 Å². The molecule has 0 aliphatic carbocycles. The third kappa shape index (κ3) is 10.3. The molecule has 0 bridgehead atoms. The van der Waals surface area contributed by atoms with Crippen molar-refractivity contribution < 1.29 is 33.2 Å². The molecule has 0 atom stereocenters. The van der Waals surface area contributed by atoms with Crippen molar-refractivity contribution in [1.82, 2.24) is 0 Å². The van der Waals surface area contributed by atoms with Crippen LogP contribution in [-0.4, -0.2) is 44.6 Å². The molecule has 35 heavy (non-hydrogen) atoms. The fraction of sp³-hybridized carbons (Fsp3) is 0.679. The van der Waals surface area contributed by atoms with Gasteiger partial charge in [0.2, 0.25) is 17.2 Å². The highest BCUT2D eigenvalue weighted by molar-refractivity contribution is 5.90. The van der Waals surface area contributed by atoms with Crippen molar-refractivity contribution in [2.45, 2.75) is 93.1 Å². The van der Waals surface area contributed by atoms with Crippen molar-refractivity contribution in [2.24, 2.45) is 0 Å². The fourth-order valence-corrected chi connectivity index (χ4v) is 3.00. The molecule has 0 aromatic heterocycles. The standard InChI is InChI=1S/C28H46O7/c1-9-16-30-23-21(14-15-22(29)35-28(6,7)8)24(31-17-10-2)26(33-19-12-4)27(34-20-13-5)25(23)32-18-11-3/h14-15H,9-13,16-20H2,1-8H3. The summed E-state index contributed by atoms with van der Waals surface area (Å²) in [6, 6.07) is 0. The molecule has 1 aromatic carbocycles. The van der Waals surface area contributed by atoms with Crippen molar-refractivity contribution in [3.05, 3.63) is 11.6 Å². The summed E-state index contributed by atoms with van der Waals surface area (Å²) in [5.41, 5.74) is -0.0357. The fourth-order valence-electron chi connectivity index (χ4n) is 3.00. The molecule has 7 heteroatoms. The molecule has 1 rings (SSSR count). The molecule has 0 fully saturated rings. The van der Waals surface area contributed by atoms with E-state index in [1.54, 1.807) is 6.08 Å². The van der Waals surface area contributed by atoms with Crippen molar-refractivity contribution >= 4 is 12.0 Å². The van der Waals surface area contributed by atoms with Crippen LogP contribution >= 0.6 is 0 Å². The minimum Gasteiger partial charge on any atom is -0.489 e. The Morgan fingerprint density at radius 1 is 0.600 bits per heavy atom. The Morgan fingerprint density at radius 2 is 0.914 bits per heavy atom. The lowest BCUT2D eigenvalue weighted by Crippen LogP contribution is -2.22. The van der Waals surface area contributed by atoms with E-state index < -0.39 is 11.6 Å². The van der Waals surface area contributed by atoms with Crippen LogP contribution in [0, 0.1) is 0 Å². The van der Waals surface area contributed by atoms with Crippen LogP contribution in [0.3, 0.4) is 0 Å². The van der Waals surface area contributed by atoms with Crippen molar-refractivity contribution in [3.63, 3.8) is 0 Å². The van der Waals surface area contributed by atoms with Crippen LogP contribution in [0.1, 0.15) is 93.1 Å². The maximum atomic E-state index is 12.5. The Kier molecular flexibility index (Phi) is 14.1. The summed E-state index contributed by atoms with van der Waals surface area (Å²) >= 11 is 0. The highest BCUT2D eigenvalue weighted by Crippen LogP contribution is 2.54. The summed E-state index contributed by atoms with van der Waals surface area (Å²) < 4.78 is 36.4. The normalized spacial score (nSPS) is 11.4. The molecule has 0 aliphatic rings. The smallest absolute Gasteiger partial charge is 0.331 e. The third-order valence-corrected chi connectivity index (χ3v) is 4.36. The van der Waals surface area contributed by atoms with E-state index in [0.29, 0.717) is 67.3 Å². The van der Waals surface area contributed by atoms with E-state index in [2.05, 4.69) is 0 Å². The average molecular weight is 495 g/mol. The Morgan fingerprint density at radius 3 is 1.23 bits per heavy atom. The summed E-state index contributed by atoms with van der Waals surface area (Å²) in [6.45, 7) is 18.0. The van der Waals surface area contributed by atoms with Gasteiger partial charge >= 0.3 is 5.97 Å². The lowest BCUT2D eigenvalue weighted by molar-refractivity contribution is -0.148. The molecule has 0 unspecified atom stereocenters. The zero-order valence-electron chi connectivity index (χ0n) is 23.1.